The third-order valence-electron chi connectivity index (χ3n) is 3.44. The summed E-state index contributed by atoms with van der Waals surface area (Å²) in [5.74, 6) is 0. The maximum atomic E-state index is 4.40. The van der Waals surface area contributed by atoms with Gasteiger partial charge in [-0.05, 0) is 22.6 Å². The highest BCUT2D eigenvalue weighted by atomic mass is 15.5. The number of hydrogen-bond acceptors (Lipinski definition) is 4. The summed E-state index contributed by atoms with van der Waals surface area (Å²) in [4.78, 5) is 0. The van der Waals surface area contributed by atoms with Crippen molar-refractivity contribution in [3.05, 3.63) is 67.0 Å². The molecule has 2 heterocycles. The van der Waals surface area contributed by atoms with Crippen molar-refractivity contribution < 1.29 is 0 Å². The van der Waals surface area contributed by atoms with Crippen LogP contribution < -0.4 is 0 Å². The van der Waals surface area contributed by atoms with Gasteiger partial charge in [0, 0.05) is 11.1 Å². The lowest BCUT2D eigenvalue weighted by atomic mass is 10.1. The molecule has 0 atom stereocenters. The molecule has 0 fully saturated rings. The summed E-state index contributed by atoms with van der Waals surface area (Å²) in [6.45, 7) is 0. The topological polar surface area (TPSA) is 72.3 Å². The van der Waals surface area contributed by atoms with E-state index in [1.54, 1.807) is 11.0 Å². The van der Waals surface area contributed by atoms with E-state index in [-0.39, 0.29) is 0 Å². The first kappa shape index (κ1) is 12.5. The summed E-state index contributed by atoms with van der Waals surface area (Å²) >= 11 is 0. The summed E-state index contributed by atoms with van der Waals surface area (Å²) in [5.41, 5.74) is 4.79. The Kier molecular flexibility index (Phi) is 2.97. The van der Waals surface area contributed by atoms with E-state index >= 15 is 0 Å². The fourth-order valence-corrected chi connectivity index (χ4v) is 2.39. The fourth-order valence-electron chi connectivity index (χ4n) is 2.39. The molecule has 22 heavy (non-hydrogen) atoms. The van der Waals surface area contributed by atoms with Crippen LogP contribution in [0.25, 0.3) is 28.2 Å². The minimum Gasteiger partial charge on any atom is -0.277 e. The van der Waals surface area contributed by atoms with Crippen molar-refractivity contribution in [2.45, 2.75) is 0 Å². The first-order valence-corrected chi connectivity index (χ1v) is 6.85. The van der Waals surface area contributed by atoms with Crippen molar-refractivity contribution in [2.24, 2.45) is 0 Å². The summed E-state index contributed by atoms with van der Waals surface area (Å²) < 4.78 is 1.64. The lowest BCUT2D eigenvalue weighted by Gasteiger charge is -2.05. The molecule has 106 valence electrons. The van der Waals surface area contributed by atoms with Gasteiger partial charge in [0.2, 0.25) is 0 Å². The number of benzene rings is 2. The number of rotatable bonds is 3. The van der Waals surface area contributed by atoms with Gasteiger partial charge in [-0.3, -0.25) is 5.10 Å². The largest absolute Gasteiger partial charge is 0.277 e. The van der Waals surface area contributed by atoms with Gasteiger partial charge in [-0.15, -0.1) is 5.10 Å². The summed E-state index contributed by atoms with van der Waals surface area (Å²) in [6, 6.07) is 20.0. The molecule has 4 aromatic rings. The van der Waals surface area contributed by atoms with Gasteiger partial charge in [-0.25, -0.2) is 0 Å². The Hall–Kier alpha value is -3.28. The normalized spacial score (nSPS) is 10.7. The van der Waals surface area contributed by atoms with Gasteiger partial charge in [-0.1, -0.05) is 48.5 Å². The Balaban J connectivity index is 1.80. The summed E-state index contributed by atoms with van der Waals surface area (Å²) in [6.07, 6.45) is 1.58. The number of hydrogen-bond donors (Lipinski definition) is 1. The molecule has 0 unspecified atom stereocenters. The molecule has 0 aliphatic heterocycles. The third-order valence-corrected chi connectivity index (χ3v) is 3.44. The number of para-hydroxylation sites is 1. The van der Waals surface area contributed by atoms with E-state index in [4.69, 9.17) is 0 Å². The lowest BCUT2D eigenvalue weighted by Crippen LogP contribution is -1.97. The molecular weight excluding hydrogens is 276 g/mol. The smallest absolute Gasteiger partial charge is 0.143 e. The highest BCUT2D eigenvalue weighted by Crippen LogP contribution is 2.27. The lowest BCUT2D eigenvalue weighted by molar-refractivity contribution is 0.790. The van der Waals surface area contributed by atoms with Gasteiger partial charge in [0.05, 0.1) is 17.1 Å². The highest BCUT2D eigenvalue weighted by Gasteiger charge is 2.11. The summed E-state index contributed by atoms with van der Waals surface area (Å²) in [7, 11) is 0. The van der Waals surface area contributed by atoms with Crippen LogP contribution in [-0.4, -0.2) is 30.4 Å². The molecule has 6 heteroatoms. The molecule has 0 amide bonds. The van der Waals surface area contributed by atoms with Crippen molar-refractivity contribution in [1.29, 1.82) is 0 Å². The molecule has 1 N–H and O–H groups in total. The van der Waals surface area contributed by atoms with Crippen LogP contribution in [0, 0.1) is 0 Å². The molecule has 0 aliphatic rings. The molecule has 0 saturated carbocycles. The maximum absolute atomic E-state index is 4.40. The zero-order valence-electron chi connectivity index (χ0n) is 11.6. The SMILES string of the molecule is c1ccc(-c2cc(-c3ccccc3-n3cnnn3)[nH]n2)cc1. The van der Waals surface area contributed by atoms with Crippen molar-refractivity contribution in [1.82, 2.24) is 30.4 Å². The highest BCUT2D eigenvalue weighted by molar-refractivity contribution is 5.73. The fraction of sp³-hybridized carbons (Fsp3) is 0. The molecule has 0 saturated heterocycles. The van der Waals surface area contributed by atoms with Crippen molar-refractivity contribution in [3.63, 3.8) is 0 Å². The van der Waals surface area contributed by atoms with E-state index in [1.165, 1.54) is 0 Å². The van der Waals surface area contributed by atoms with E-state index in [1.807, 2.05) is 60.7 Å². The van der Waals surface area contributed by atoms with Gasteiger partial charge >= 0.3 is 0 Å². The van der Waals surface area contributed by atoms with Crippen LogP contribution in [0.3, 0.4) is 0 Å². The average molecular weight is 288 g/mol. The van der Waals surface area contributed by atoms with Crippen molar-refractivity contribution in [2.75, 3.05) is 0 Å². The molecule has 0 radical (unpaired) electrons. The Morgan fingerprint density at radius 2 is 1.73 bits per heavy atom. The van der Waals surface area contributed by atoms with Crippen molar-refractivity contribution in [3.8, 4) is 28.2 Å². The zero-order valence-corrected chi connectivity index (χ0v) is 11.6. The molecule has 2 aromatic heterocycles. The quantitative estimate of drug-likeness (QED) is 0.629. The van der Waals surface area contributed by atoms with Crippen molar-refractivity contribution >= 4 is 0 Å². The van der Waals surface area contributed by atoms with Gasteiger partial charge in [0.25, 0.3) is 0 Å². The second-order valence-electron chi connectivity index (χ2n) is 4.80. The zero-order chi connectivity index (χ0) is 14.8. The Morgan fingerprint density at radius 1 is 0.909 bits per heavy atom. The summed E-state index contributed by atoms with van der Waals surface area (Å²) in [5, 5.41) is 18.8. The van der Waals surface area contributed by atoms with Crippen LogP contribution in [0.15, 0.2) is 67.0 Å². The Labute approximate surface area is 126 Å². The number of nitrogens with zero attached hydrogens (tertiary/aromatic N) is 5. The molecule has 0 bridgehead atoms. The predicted molar refractivity (Wildman–Crippen MR) is 82.2 cm³/mol. The van der Waals surface area contributed by atoms with Gasteiger partial charge in [0.15, 0.2) is 0 Å². The molecule has 0 spiro atoms. The number of aromatic nitrogens is 6. The predicted octanol–water partition coefficient (Wildman–Crippen LogP) is 2.72. The molecule has 6 nitrogen and oxygen atoms in total. The Morgan fingerprint density at radius 3 is 2.55 bits per heavy atom. The number of tetrazole rings is 1. The van der Waals surface area contributed by atoms with E-state index in [2.05, 4.69) is 25.7 Å². The van der Waals surface area contributed by atoms with E-state index in [0.717, 1.165) is 28.2 Å². The van der Waals surface area contributed by atoms with Crippen LogP contribution in [0.4, 0.5) is 0 Å². The van der Waals surface area contributed by atoms with E-state index in [9.17, 15) is 0 Å². The number of nitrogens with one attached hydrogen (secondary N) is 1. The van der Waals surface area contributed by atoms with Crippen LogP contribution in [-0.2, 0) is 0 Å². The molecule has 4 rings (SSSR count). The van der Waals surface area contributed by atoms with Gasteiger partial charge < -0.3 is 0 Å². The standard InChI is InChI=1S/C16H12N6/c1-2-6-12(7-3-1)14-10-15(19-18-14)13-8-4-5-9-16(13)22-11-17-20-21-22/h1-11H,(H,18,19). The average Bonchev–Trinajstić information content (AvgIpc) is 3.28. The third kappa shape index (κ3) is 2.16. The minimum atomic E-state index is 0.899. The van der Waals surface area contributed by atoms with Gasteiger partial charge in [-0.2, -0.15) is 9.78 Å². The monoisotopic (exact) mass is 288 g/mol. The maximum Gasteiger partial charge on any atom is 0.143 e. The first-order valence-electron chi connectivity index (χ1n) is 6.85. The van der Waals surface area contributed by atoms with E-state index in [0.29, 0.717) is 0 Å². The molecule has 0 aliphatic carbocycles. The van der Waals surface area contributed by atoms with Gasteiger partial charge in [0.1, 0.15) is 6.33 Å². The second-order valence-corrected chi connectivity index (χ2v) is 4.80. The number of H-pyrrole nitrogens is 1. The molecule has 2 aromatic carbocycles. The first-order chi connectivity index (χ1) is 10.9. The van der Waals surface area contributed by atoms with E-state index < -0.39 is 0 Å². The van der Waals surface area contributed by atoms with Crippen LogP contribution >= 0.6 is 0 Å². The van der Waals surface area contributed by atoms with Crippen LogP contribution in [0.5, 0.6) is 0 Å². The molecular formula is C16H12N6. The minimum absolute atomic E-state index is 0.899. The Bertz CT molecular complexity index is 880. The second kappa shape index (κ2) is 5.25. The van der Waals surface area contributed by atoms with Crippen LogP contribution in [0.1, 0.15) is 0 Å². The van der Waals surface area contributed by atoms with Crippen LogP contribution in [0.2, 0.25) is 0 Å². The number of aromatic amines is 1.